The maximum Gasteiger partial charge on any atom is 0.242 e. The number of para-hydroxylation sites is 2. The van der Waals surface area contributed by atoms with Gasteiger partial charge in [0, 0.05) is 46.8 Å². The van der Waals surface area contributed by atoms with Gasteiger partial charge in [0.05, 0.1) is 17.1 Å². The zero-order chi connectivity index (χ0) is 22.4. The second-order valence-electron chi connectivity index (χ2n) is 7.56. The molecule has 32 heavy (non-hydrogen) atoms. The standard InChI is InChI=1S/C22H31N5O3S.HI/c1-4-23-22(24-17-18-9-11-19(12-10-18)31(29,30)25(2)3)27-15-13-26(14-16-27)20-7-5-6-8-21(20)28;/h5-12,28H,4,13-17H2,1-3H3,(H,23,24);1H. The summed E-state index contributed by atoms with van der Waals surface area (Å²) < 4.78 is 25.6. The van der Waals surface area contributed by atoms with Crippen LogP contribution in [0.1, 0.15) is 12.5 Å². The molecule has 1 aliphatic heterocycles. The number of halogens is 1. The Kier molecular flexibility index (Phi) is 9.59. The molecular weight excluding hydrogens is 541 g/mol. The number of aliphatic imine (C=N–C) groups is 1. The topological polar surface area (TPSA) is 88.5 Å². The highest BCUT2D eigenvalue weighted by Gasteiger charge is 2.21. The van der Waals surface area contributed by atoms with Crippen molar-refractivity contribution in [2.24, 2.45) is 4.99 Å². The van der Waals surface area contributed by atoms with Crippen molar-refractivity contribution < 1.29 is 13.5 Å². The molecule has 2 aromatic rings. The quantitative estimate of drug-likeness (QED) is 0.314. The number of guanidine groups is 1. The van der Waals surface area contributed by atoms with Crippen molar-refractivity contribution in [2.45, 2.75) is 18.4 Å². The first-order valence-corrected chi connectivity index (χ1v) is 11.8. The van der Waals surface area contributed by atoms with E-state index in [1.165, 1.54) is 18.4 Å². The Morgan fingerprint density at radius 2 is 1.69 bits per heavy atom. The van der Waals surface area contributed by atoms with Gasteiger partial charge in [0.2, 0.25) is 10.0 Å². The van der Waals surface area contributed by atoms with Gasteiger partial charge < -0.3 is 20.2 Å². The number of aromatic hydroxyl groups is 1. The van der Waals surface area contributed by atoms with Gasteiger partial charge in [-0.3, -0.25) is 0 Å². The summed E-state index contributed by atoms with van der Waals surface area (Å²) in [6.07, 6.45) is 0. The molecule has 10 heteroatoms. The molecule has 0 saturated carbocycles. The number of phenols is 1. The van der Waals surface area contributed by atoms with E-state index in [2.05, 4.69) is 15.1 Å². The Balaban J connectivity index is 0.00000363. The van der Waals surface area contributed by atoms with Crippen LogP contribution in [-0.2, 0) is 16.6 Å². The van der Waals surface area contributed by atoms with Crippen LogP contribution >= 0.6 is 24.0 Å². The number of sulfonamides is 1. The van der Waals surface area contributed by atoms with Crippen LogP contribution in [0.5, 0.6) is 5.75 Å². The number of anilines is 1. The number of piperazine rings is 1. The van der Waals surface area contributed by atoms with Crippen molar-refractivity contribution in [2.75, 3.05) is 51.7 Å². The SMILES string of the molecule is CCNC(=NCc1ccc(S(=O)(=O)N(C)C)cc1)N1CCN(c2ccccc2O)CC1.I. The minimum atomic E-state index is -3.43. The van der Waals surface area contributed by atoms with Crippen LogP contribution in [-0.4, -0.2) is 75.5 Å². The Labute approximate surface area is 208 Å². The van der Waals surface area contributed by atoms with Crippen LogP contribution in [0, 0.1) is 0 Å². The van der Waals surface area contributed by atoms with Gasteiger partial charge in [-0.25, -0.2) is 17.7 Å². The number of hydrogen-bond donors (Lipinski definition) is 2. The number of benzene rings is 2. The molecular formula is C22H32IN5O3S. The average molecular weight is 574 g/mol. The molecule has 0 unspecified atom stereocenters. The number of rotatable bonds is 6. The van der Waals surface area contributed by atoms with E-state index >= 15 is 0 Å². The maximum atomic E-state index is 12.2. The Morgan fingerprint density at radius 3 is 2.25 bits per heavy atom. The molecule has 8 nitrogen and oxygen atoms in total. The highest BCUT2D eigenvalue weighted by Crippen LogP contribution is 2.27. The Morgan fingerprint density at radius 1 is 1.06 bits per heavy atom. The van der Waals surface area contributed by atoms with Crippen molar-refractivity contribution in [3.8, 4) is 5.75 Å². The van der Waals surface area contributed by atoms with Crippen molar-refractivity contribution in [3.05, 3.63) is 54.1 Å². The van der Waals surface area contributed by atoms with Crippen LogP contribution in [0.2, 0.25) is 0 Å². The largest absolute Gasteiger partial charge is 0.506 e. The highest BCUT2D eigenvalue weighted by molar-refractivity contribution is 14.0. The molecule has 1 fully saturated rings. The monoisotopic (exact) mass is 573 g/mol. The van der Waals surface area contributed by atoms with Gasteiger partial charge in [0.15, 0.2) is 5.96 Å². The van der Waals surface area contributed by atoms with E-state index in [-0.39, 0.29) is 28.9 Å². The molecule has 0 spiro atoms. The van der Waals surface area contributed by atoms with Crippen molar-refractivity contribution in [3.63, 3.8) is 0 Å². The third-order valence-corrected chi connectivity index (χ3v) is 7.08. The molecule has 2 aromatic carbocycles. The molecule has 0 radical (unpaired) electrons. The Bertz CT molecular complexity index is 1000. The molecule has 0 bridgehead atoms. The summed E-state index contributed by atoms with van der Waals surface area (Å²) in [4.78, 5) is 9.42. The maximum absolute atomic E-state index is 12.2. The Hall–Kier alpha value is -2.05. The van der Waals surface area contributed by atoms with E-state index in [9.17, 15) is 13.5 Å². The number of nitrogens with one attached hydrogen (secondary N) is 1. The fraction of sp³-hybridized carbons (Fsp3) is 0.409. The molecule has 0 aliphatic carbocycles. The van der Waals surface area contributed by atoms with Crippen LogP contribution in [0.15, 0.2) is 58.4 Å². The van der Waals surface area contributed by atoms with Crippen molar-refractivity contribution in [1.29, 1.82) is 0 Å². The smallest absolute Gasteiger partial charge is 0.242 e. The van der Waals surface area contributed by atoms with Crippen LogP contribution < -0.4 is 10.2 Å². The molecule has 176 valence electrons. The molecule has 3 rings (SSSR count). The molecule has 0 atom stereocenters. The minimum Gasteiger partial charge on any atom is -0.506 e. The van der Waals surface area contributed by atoms with Gasteiger partial charge in [-0.1, -0.05) is 24.3 Å². The van der Waals surface area contributed by atoms with Gasteiger partial charge >= 0.3 is 0 Å². The van der Waals surface area contributed by atoms with E-state index in [0.717, 1.165) is 49.9 Å². The van der Waals surface area contributed by atoms with Gasteiger partial charge in [-0.05, 0) is 36.8 Å². The summed E-state index contributed by atoms with van der Waals surface area (Å²) in [5, 5.41) is 13.4. The van der Waals surface area contributed by atoms with E-state index in [0.29, 0.717) is 12.3 Å². The lowest BCUT2D eigenvalue weighted by atomic mass is 10.2. The highest BCUT2D eigenvalue weighted by atomic mass is 127. The molecule has 0 aromatic heterocycles. The fourth-order valence-corrected chi connectivity index (χ4v) is 4.36. The van der Waals surface area contributed by atoms with Gasteiger partial charge in [0.25, 0.3) is 0 Å². The summed E-state index contributed by atoms with van der Waals surface area (Å²) >= 11 is 0. The molecule has 1 saturated heterocycles. The van der Waals surface area contributed by atoms with E-state index in [4.69, 9.17) is 4.99 Å². The second kappa shape index (κ2) is 11.7. The van der Waals surface area contributed by atoms with Crippen molar-refractivity contribution >= 4 is 45.6 Å². The summed E-state index contributed by atoms with van der Waals surface area (Å²) in [7, 11) is -0.382. The van der Waals surface area contributed by atoms with E-state index in [1.54, 1.807) is 30.3 Å². The number of nitrogens with zero attached hydrogens (tertiary/aromatic N) is 4. The van der Waals surface area contributed by atoms with E-state index < -0.39 is 10.0 Å². The first kappa shape index (κ1) is 26.2. The number of phenolic OH excluding ortho intramolecular Hbond substituents is 1. The van der Waals surface area contributed by atoms with Crippen molar-refractivity contribution in [1.82, 2.24) is 14.5 Å². The third kappa shape index (κ3) is 6.26. The molecule has 2 N–H and O–H groups in total. The van der Waals surface area contributed by atoms with Crippen LogP contribution in [0.25, 0.3) is 0 Å². The first-order chi connectivity index (χ1) is 14.8. The zero-order valence-corrected chi connectivity index (χ0v) is 21.9. The van der Waals surface area contributed by atoms with Gasteiger partial charge in [-0.15, -0.1) is 24.0 Å². The summed E-state index contributed by atoms with van der Waals surface area (Å²) in [5.74, 6) is 1.14. The van der Waals surface area contributed by atoms with Gasteiger partial charge in [-0.2, -0.15) is 0 Å². The summed E-state index contributed by atoms with van der Waals surface area (Å²) in [5.41, 5.74) is 1.80. The lowest BCUT2D eigenvalue weighted by molar-refractivity contribution is 0.369. The number of hydrogen-bond acceptors (Lipinski definition) is 5. The first-order valence-electron chi connectivity index (χ1n) is 10.4. The predicted molar refractivity (Wildman–Crippen MR) is 139 cm³/mol. The zero-order valence-electron chi connectivity index (χ0n) is 18.7. The third-order valence-electron chi connectivity index (χ3n) is 5.25. The lowest BCUT2D eigenvalue weighted by Crippen LogP contribution is -2.52. The lowest BCUT2D eigenvalue weighted by Gasteiger charge is -2.37. The van der Waals surface area contributed by atoms with Crippen LogP contribution in [0.3, 0.4) is 0 Å². The van der Waals surface area contributed by atoms with Gasteiger partial charge in [0.1, 0.15) is 5.75 Å². The normalized spacial score (nSPS) is 14.9. The fourth-order valence-electron chi connectivity index (χ4n) is 3.46. The summed E-state index contributed by atoms with van der Waals surface area (Å²) in [6, 6.07) is 14.3. The van der Waals surface area contributed by atoms with E-state index in [1.807, 2.05) is 25.1 Å². The predicted octanol–water partition coefficient (Wildman–Crippen LogP) is 2.55. The molecule has 1 aliphatic rings. The molecule has 0 amide bonds. The summed E-state index contributed by atoms with van der Waals surface area (Å²) in [6.45, 7) is 6.43. The molecule has 1 heterocycles. The van der Waals surface area contributed by atoms with Crippen LogP contribution in [0.4, 0.5) is 5.69 Å². The second-order valence-corrected chi connectivity index (χ2v) is 9.72. The minimum absolute atomic E-state index is 0. The average Bonchev–Trinajstić information content (AvgIpc) is 2.77.